The molecule has 0 radical (unpaired) electrons. The molecule has 0 spiro atoms. The van der Waals surface area contributed by atoms with Crippen molar-refractivity contribution in [2.75, 3.05) is 0 Å². The average Bonchev–Trinajstić information content (AvgIpc) is 2.76. The van der Waals surface area contributed by atoms with Crippen LogP contribution in [0.25, 0.3) is 0 Å². The van der Waals surface area contributed by atoms with Gasteiger partial charge in [-0.15, -0.1) is 0 Å². The summed E-state index contributed by atoms with van der Waals surface area (Å²) in [6.45, 7) is 2.30. The van der Waals surface area contributed by atoms with Gasteiger partial charge in [0.25, 0.3) is 0 Å². The zero-order valence-electron chi connectivity index (χ0n) is 21.2. The quantitative estimate of drug-likeness (QED) is 0.101. The number of nitrogens with one attached hydrogen (secondary N) is 1. The molecule has 0 aliphatic heterocycles. The molecule has 180 valence electrons. The lowest BCUT2D eigenvalue weighted by Gasteiger charge is -2.04. The van der Waals surface area contributed by atoms with Gasteiger partial charge in [-0.1, -0.05) is 167 Å². The van der Waals surface area contributed by atoms with Crippen molar-refractivity contribution in [1.29, 1.82) is 5.41 Å². The van der Waals surface area contributed by atoms with Gasteiger partial charge >= 0.3 is 0 Å². The first-order valence-electron chi connectivity index (χ1n) is 14.4. The van der Waals surface area contributed by atoms with Crippen LogP contribution in [0.1, 0.15) is 180 Å². The maximum absolute atomic E-state index is 7.02. The van der Waals surface area contributed by atoms with Crippen molar-refractivity contribution in [3.8, 4) is 0 Å². The topological polar surface area (TPSA) is 23.9 Å². The summed E-state index contributed by atoms with van der Waals surface area (Å²) in [6.07, 6.45) is 40.2. The molecule has 30 heavy (non-hydrogen) atoms. The molecule has 0 rings (SSSR count). The molecule has 0 aliphatic carbocycles. The van der Waals surface area contributed by atoms with Gasteiger partial charge in [-0.05, 0) is 19.1 Å². The SMILES string of the molecule is CCCCCCCCCCCCCCCCCCCCCCCCCCCCC=N. The molecule has 0 saturated heterocycles. The molecule has 0 heterocycles. The summed E-state index contributed by atoms with van der Waals surface area (Å²) in [5.74, 6) is 0. The maximum atomic E-state index is 7.02. The standard InChI is InChI=1S/C29H59N/c1-2-3-4-5-6-7-8-9-10-11-12-13-14-15-16-17-18-19-20-21-22-23-24-25-26-27-28-29-30/h29-30H,2-28H2,1H3. The first-order valence-corrected chi connectivity index (χ1v) is 14.4. The van der Waals surface area contributed by atoms with E-state index in [1.165, 1.54) is 167 Å². The summed E-state index contributed by atoms with van der Waals surface area (Å²) in [5.41, 5.74) is 0. The Kier molecular flexibility index (Phi) is 28.4. The summed E-state index contributed by atoms with van der Waals surface area (Å²) in [5, 5.41) is 7.02. The van der Waals surface area contributed by atoms with E-state index in [2.05, 4.69) is 6.92 Å². The Bertz CT molecular complexity index is 299. The molecule has 0 atom stereocenters. The average molecular weight is 422 g/mol. The first-order chi connectivity index (χ1) is 14.9. The zero-order valence-corrected chi connectivity index (χ0v) is 21.2. The van der Waals surface area contributed by atoms with Gasteiger partial charge in [0.2, 0.25) is 0 Å². The van der Waals surface area contributed by atoms with Crippen LogP contribution >= 0.6 is 0 Å². The van der Waals surface area contributed by atoms with E-state index in [4.69, 9.17) is 5.41 Å². The molecule has 0 fully saturated rings. The normalized spacial score (nSPS) is 11.2. The monoisotopic (exact) mass is 421 g/mol. The second kappa shape index (κ2) is 28.7. The van der Waals surface area contributed by atoms with Crippen LogP contribution in [0.15, 0.2) is 0 Å². The molecule has 0 aromatic heterocycles. The first kappa shape index (κ1) is 29.7. The van der Waals surface area contributed by atoms with Crippen LogP contribution in [-0.4, -0.2) is 6.21 Å². The molecule has 0 bridgehead atoms. The van der Waals surface area contributed by atoms with E-state index in [1.54, 1.807) is 6.21 Å². The molecule has 1 N–H and O–H groups in total. The van der Waals surface area contributed by atoms with Gasteiger partial charge in [0.1, 0.15) is 0 Å². The van der Waals surface area contributed by atoms with Crippen molar-refractivity contribution in [3.63, 3.8) is 0 Å². The lowest BCUT2D eigenvalue weighted by atomic mass is 10.0. The van der Waals surface area contributed by atoms with E-state index in [1.807, 2.05) is 0 Å². The maximum Gasteiger partial charge on any atom is -0.00477 e. The fourth-order valence-electron chi connectivity index (χ4n) is 4.56. The van der Waals surface area contributed by atoms with E-state index in [-0.39, 0.29) is 0 Å². The van der Waals surface area contributed by atoms with Crippen molar-refractivity contribution < 1.29 is 0 Å². The van der Waals surface area contributed by atoms with Gasteiger partial charge in [-0.2, -0.15) is 0 Å². The van der Waals surface area contributed by atoms with Crippen LogP contribution in [-0.2, 0) is 0 Å². The molecule has 1 heteroatoms. The molecule has 0 aromatic carbocycles. The van der Waals surface area contributed by atoms with Crippen LogP contribution in [0.3, 0.4) is 0 Å². The smallest absolute Gasteiger partial charge is 0.00477 e. The summed E-state index contributed by atoms with van der Waals surface area (Å²) < 4.78 is 0. The molecule has 0 aromatic rings. The van der Waals surface area contributed by atoms with Crippen molar-refractivity contribution in [1.82, 2.24) is 0 Å². The second-order valence-electron chi connectivity index (χ2n) is 9.83. The van der Waals surface area contributed by atoms with Crippen LogP contribution < -0.4 is 0 Å². The van der Waals surface area contributed by atoms with Crippen LogP contribution in [0.2, 0.25) is 0 Å². The Labute approximate surface area is 192 Å². The molecule has 0 aliphatic rings. The van der Waals surface area contributed by atoms with E-state index >= 15 is 0 Å². The Hall–Kier alpha value is -0.330. The largest absolute Gasteiger partial charge is 0.313 e. The van der Waals surface area contributed by atoms with Gasteiger partial charge in [-0.25, -0.2) is 0 Å². The fourth-order valence-corrected chi connectivity index (χ4v) is 4.56. The van der Waals surface area contributed by atoms with E-state index in [0.29, 0.717) is 0 Å². The van der Waals surface area contributed by atoms with Gasteiger partial charge in [0.05, 0.1) is 0 Å². The van der Waals surface area contributed by atoms with Crippen LogP contribution in [0, 0.1) is 5.41 Å². The van der Waals surface area contributed by atoms with E-state index < -0.39 is 0 Å². The Morgan fingerprint density at radius 3 is 0.733 bits per heavy atom. The molecule has 0 amide bonds. The Morgan fingerprint density at radius 1 is 0.333 bits per heavy atom. The summed E-state index contributed by atoms with van der Waals surface area (Å²) in [4.78, 5) is 0. The highest BCUT2D eigenvalue weighted by Gasteiger charge is 1.96. The molecule has 1 nitrogen and oxygen atoms in total. The summed E-state index contributed by atoms with van der Waals surface area (Å²) in [7, 11) is 0. The number of hydrogen-bond donors (Lipinski definition) is 1. The second-order valence-corrected chi connectivity index (χ2v) is 9.83. The third-order valence-electron chi connectivity index (χ3n) is 6.70. The number of unbranched alkanes of at least 4 members (excludes halogenated alkanes) is 26. The van der Waals surface area contributed by atoms with Gasteiger partial charge in [0, 0.05) is 0 Å². The third kappa shape index (κ3) is 27.7. The van der Waals surface area contributed by atoms with Crippen molar-refractivity contribution >= 4 is 6.21 Å². The minimum Gasteiger partial charge on any atom is -0.313 e. The van der Waals surface area contributed by atoms with E-state index in [0.717, 1.165) is 6.42 Å². The minimum atomic E-state index is 0.985. The van der Waals surface area contributed by atoms with Crippen molar-refractivity contribution in [3.05, 3.63) is 0 Å². The van der Waals surface area contributed by atoms with E-state index in [9.17, 15) is 0 Å². The molecular weight excluding hydrogens is 362 g/mol. The minimum absolute atomic E-state index is 0.985. The zero-order chi connectivity index (χ0) is 21.8. The predicted octanol–water partition coefficient (Wildman–Crippen LogP) is 11.2. The van der Waals surface area contributed by atoms with Crippen molar-refractivity contribution in [2.45, 2.75) is 180 Å². The highest BCUT2D eigenvalue weighted by molar-refractivity contribution is 5.52. The van der Waals surface area contributed by atoms with Crippen LogP contribution in [0.4, 0.5) is 0 Å². The number of hydrogen-bond acceptors (Lipinski definition) is 1. The summed E-state index contributed by atoms with van der Waals surface area (Å²) >= 11 is 0. The lowest BCUT2D eigenvalue weighted by molar-refractivity contribution is 0.515. The molecular formula is C29H59N. The Morgan fingerprint density at radius 2 is 0.533 bits per heavy atom. The third-order valence-corrected chi connectivity index (χ3v) is 6.70. The highest BCUT2D eigenvalue weighted by atomic mass is 14.3. The lowest BCUT2D eigenvalue weighted by Crippen LogP contribution is -1.85. The van der Waals surface area contributed by atoms with Crippen molar-refractivity contribution in [2.24, 2.45) is 0 Å². The van der Waals surface area contributed by atoms with Gasteiger partial charge in [0.15, 0.2) is 0 Å². The summed E-state index contributed by atoms with van der Waals surface area (Å²) in [6, 6.07) is 0. The molecule has 0 unspecified atom stereocenters. The molecule has 0 saturated carbocycles. The Balaban J connectivity index is 2.98. The van der Waals surface area contributed by atoms with Gasteiger partial charge in [-0.3, -0.25) is 0 Å². The van der Waals surface area contributed by atoms with Crippen LogP contribution in [0.5, 0.6) is 0 Å². The highest BCUT2D eigenvalue weighted by Crippen LogP contribution is 2.16. The fraction of sp³-hybridized carbons (Fsp3) is 0.966. The number of rotatable bonds is 27. The van der Waals surface area contributed by atoms with Gasteiger partial charge < -0.3 is 5.41 Å². The predicted molar refractivity (Wildman–Crippen MR) is 139 cm³/mol.